The van der Waals surface area contributed by atoms with Gasteiger partial charge in [-0.2, -0.15) is 0 Å². The lowest BCUT2D eigenvalue weighted by molar-refractivity contribution is 0.209. The fourth-order valence-corrected chi connectivity index (χ4v) is 6.71. The van der Waals surface area contributed by atoms with Crippen molar-refractivity contribution in [2.75, 3.05) is 45.9 Å². The molecular weight excluding hydrogens is 302 g/mol. The van der Waals surface area contributed by atoms with E-state index < -0.39 is 9.04 Å². The Morgan fingerprint density at radius 3 is 1.57 bits per heavy atom. The maximum Gasteiger partial charge on any atom is 0.229 e. The summed E-state index contributed by atoms with van der Waals surface area (Å²) in [5, 5.41) is 1.56. The molecule has 0 aromatic carbocycles. The minimum atomic E-state index is -1.34. The van der Waals surface area contributed by atoms with Gasteiger partial charge < -0.3 is 19.1 Å². The van der Waals surface area contributed by atoms with Crippen LogP contribution in [-0.2, 0) is 4.43 Å². The molecule has 1 atom stereocenters. The van der Waals surface area contributed by atoms with Crippen molar-refractivity contribution < 1.29 is 4.43 Å². The van der Waals surface area contributed by atoms with Gasteiger partial charge in [-0.05, 0) is 54.0 Å². The van der Waals surface area contributed by atoms with Crippen LogP contribution < -0.4 is 0 Å². The van der Waals surface area contributed by atoms with Crippen molar-refractivity contribution in [1.29, 1.82) is 0 Å². The second-order valence-corrected chi connectivity index (χ2v) is 8.52. The van der Waals surface area contributed by atoms with Gasteiger partial charge in [0.15, 0.2) is 0 Å². The average Bonchev–Trinajstić information content (AvgIpc) is 2.61. The van der Waals surface area contributed by atoms with Gasteiger partial charge in [-0.3, -0.25) is 0 Å². The van der Waals surface area contributed by atoms with Crippen LogP contribution in [0.25, 0.3) is 0 Å². The van der Waals surface area contributed by atoms with Gasteiger partial charge in [0, 0.05) is 45.9 Å². The lowest BCUT2D eigenvalue weighted by atomic mass is 10.3. The van der Waals surface area contributed by atoms with Crippen molar-refractivity contribution >= 4 is 9.04 Å². The van der Waals surface area contributed by atoms with Gasteiger partial charge in [-0.1, -0.05) is 6.42 Å². The van der Waals surface area contributed by atoms with Crippen LogP contribution >= 0.6 is 0 Å². The zero-order valence-corrected chi connectivity index (χ0v) is 17.6. The highest BCUT2D eigenvalue weighted by Crippen LogP contribution is 2.26. The Labute approximate surface area is 146 Å². The summed E-state index contributed by atoms with van der Waals surface area (Å²) in [5.74, 6) is 1.46. The maximum atomic E-state index is 6.37. The zero-order valence-electron chi connectivity index (χ0n) is 16.4. The first kappa shape index (κ1) is 20.4. The first-order valence-corrected chi connectivity index (χ1v) is 11.6. The Morgan fingerprint density at radius 2 is 1.22 bits per heavy atom. The molecule has 1 fully saturated rings. The predicted octanol–water partition coefficient (Wildman–Crippen LogP) is 3.25. The van der Waals surface area contributed by atoms with E-state index in [1.807, 2.05) is 0 Å². The summed E-state index contributed by atoms with van der Waals surface area (Å²) >= 11 is 0. The van der Waals surface area contributed by atoms with E-state index in [-0.39, 0.29) is 0 Å². The first-order chi connectivity index (χ1) is 11.2. The smallest absolute Gasteiger partial charge is 0.229 e. The van der Waals surface area contributed by atoms with Crippen molar-refractivity contribution in [2.24, 2.45) is 0 Å². The van der Waals surface area contributed by atoms with Crippen LogP contribution in [0.15, 0.2) is 11.1 Å². The summed E-state index contributed by atoms with van der Waals surface area (Å²) in [4.78, 5) is 7.67. The Kier molecular flexibility index (Phi) is 9.71. The molecular formula is C18H39N3OSi. The highest BCUT2D eigenvalue weighted by Gasteiger charge is 2.31. The SMILES string of the molecule is CCN(CC)C(=C(N(CC)CC)[SiH]1CCCCO1)N(CC)CC. The van der Waals surface area contributed by atoms with Crippen LogP contribution in [0.2, 0.25) is 6.04 Å². The van der Waals surface area contributed by atoms with Gasteiger partial charge >= 0.3 is 0 Å². The van der Waals surface area contributed by atoms with Gasteiger partial charge in [0.05, 0.1) is 5.32 Å². The second-order valence-electron chi connectivity index (χ2n) is 6.08. The molecule has 23 heavy (non-hydrogen) atoms. The number of rotatable bonds is 10. The lowest BCUT2D eigenvalue weighted by Crippen LogP contribution is -2.45. The fourth-order valence-electron chi connectivity index (χ4n) is 3.58. The number of hydrogen-bond donors (Lipinski definition) is 0. The molecule has 1 rings (SSSR count). The zero-order chi connectivity index (χ0) is 17.2. The van der Waals surface area contributed by atoms with Crippen LogP contribution in [0, 0.1) is 0 Å². The van der Waals surface area contributed by atoms with Crippen molar-refractivity contribution in [3.63, 3.8) is 0 Å². The summed E-state index contributed by atoms with van der Waals surface area (Å²) in [6, 6.07) is 1.29. The van der Waals surface area contributed by atoms with E-state index in [9.17, 15) is 0 Å². The minimum Gasteiger partial charge on any atom is -0.414 e. The molecule has 5 heteroatoms. The number of nitrogens with zero attached hydrogens (tertiary/aromatic N) is 3. The summed E-state index contributed by atoms with van der Waals surface area (Å²) in [5.41, 5.74) is 0. The molecule has 4 nitrogen and oxygen atoms in total. The predicted molar refractivity (Wildman–Crippen MR) is 103 cm³/mol. The third kappa shape index (κ3) is 5.15. The normalized spacial score (nSPS) is 17.7. The highest BCUT2D eigenvalue weighted by atomic mass is 28.3. The Morgan fingerprint density at radius 1 is 0.739 bits per heavy atom. The Hall–Kier alpha value is -0.683. The standard InChI is InChI=1S/C18H39N3OSi/c1-7-19(8-2)17(20(9-3)10-4)18(21(11-5)12-6)23-16-14-13-15-22-23/h23H,7-16H2,1-6H3. The van der Waals surface area contributed by atoms with Gasteiger partial charge in [0.1, 0.15) is 5.82 Å². The molecule has 1 saturated heterocycles. The molecule has 0 spiro atoms. The van der Waals surface area contributed by atoms with Crippen molar-refractivity contribution in [1.82, 2.24) is 14.7 Å². The molecule has 0 aromatic rings. The quantitative estimate of drug-likeness (QED) is 0.568. The van der Waals surface area contributed by atoms with E-state index >= 15 is 0 Å². The molecule has 1 unspecified atom stereocenters. The van der Waals surface area contributed by atoms with Crippen LogP contribution in [0.1, 0.15) is 54.4 Å². The van der Waals surface area contributed by atoms with Gasteiger partial charge in [-0.15, -0.1) is 0 Å². The van der Waals surface area contributed by atoms with Crippen LogP contribution in [0.4, 0.5) is 0 Å². The van der Waals surface area contributed by atoms with E-state index in [2.05, 4.69) is 56.2 Å². The third-order valence-electron chi connectivity index (χ3n) is 4.94. The molecule has 0 radical (unpaired) electrons. The minimum absolute atomic E-state index is 0.964. The van der Waals surface area contributed by atoms with E-state index in [0.717, 1.165) is 45.9 Å². The van der Waals surface area contributed by atoms with Gasteiger partial charge in [0.2, 0.25) is 9.04 Å². The summed E-state index contributed by atoms with van der Waals surface area (Å²) < 4.78 is 6.37. The lowest BCUT2D eigenvalue weighted by Gasteiger charge is -2.41. The van der Waals surface area contributed by atoms with Crippen molar-refractivity contribution in [2.45, 2.75) is 60.4 Å². The van der Waals surface area contributed by atoms with Crippen LogP contribution in [0.3, 0.4) is 0 Å². The van der Waals surface area contributed by atoms with Crippen LogP contribution in [-0.4, -0.2) is 69.6 Å². The highest BCUT2D eigenvalue weighted by molar-refractivity contribution is 6.60. The van der Waals surface area contributed by atoms with Crippen molar-refractivity contribution in [3.05, 3.63) is 11.1 Å². The summed E-state index contributed by atoms with van der Waals surface area (Å²) in [7, 11) is -1.34. The first-order valence-electron chi connectivity index (χ1n) is 9.78. The molecule has 0 aliphatic carbocycles. The molecule has 0 aromatic heterocycles. The Balaban J connectivity index is 3.41. The second kappa shape index (κ2) is 11.0. The molecule has 0 bridgehead atoms. The van der Waals surface area contributed by atoms with E-state index in [4.69, 9.17) is 4.43 Å². The topological polar surface area (TPSA) is 19.0 Å². The fraction of sp³-hybridized carbons (Fsp3) is 0.889. The van der Waals surface area contributed by atoms with Crippen molar-refractivity contribution in [3.8, 4) is 0 Å². The molecule has 1 aliphatic heterocycles. The van der Waals surface area contributed by atoms with Gasteiger partial charge in [-0.25, -0.2) is 0 Å². The number of hydrogen-bond acceptors (Lipinski definition) is 4. The molecule has 0 N–H and O–H groups in total. The van der Waals surface area contributed by atoms with E-state index in [1.165, 1.54) is 24.7 Å². The summed E-state index contributed by atoms with van der Waals surface area (Å²) in [6.45, 7) is 21.0. The monoisotopic (exact) mass is 341 g/mol. The molecule has 136 valence electrons. The van der Waals surface area contributed by atoms with Crippen LogP contribution in [0.5, 0.6) is 0 Å². The maximum absolute atomic E-state index is 6.37. The molecule has 0 saturated carbocycles. The molecule has 1 heterocycles. The average molecular weight is 342 g/mol. The summed E-state index contributed by atoms with van der Waals surface area (Å²) in [6.07, 6.45) is 2.58. The van der Waals surface area contributed by atoms with Gasteiger partial charge in [0.25, 0.3) is 0 Å². The largest absolute Gasteiger partial charge is 0.414 e. The molecule has 0 amide bonds. The Bertz CT molecular complexity index is 330. The third-order valence-corrected chi connectivity index (χ3v) is 7.75. The van der Waals surface area contributed by atoms with E-state index in [0.29, 0.717) is 0 Å². The molecule has 1 aliphatic rings. The van der Waals surface area contributed by atoms with E-state index in [1.54, 1.807) is 5.32 Å².